The molecule has 0 spiro atoms. The highest BCUT2D eigenvalue weighted by molar-refractivity contribution is 9.10. The van der Waals surface area contributed by atoms with Gasteiger partial charge < -0.3 is 4.90 Å². The molecule has 1 aromatic carbocycles. The van der Waals surface area contributed by atoms with Crippen LogP contribution in [0.5, 0.6) is 0 Å². The first-order chi connectivity index (χ1) is 7.66. The van der Waals surface area contributed by atoms with Crippen LogP contribution < -0.4 is 0 Å². The first kappa shape index (κ1) is 12.1. The minimum Gasteiger partial charge on any atom is -0.306 e. The summed E-state index contributed by atoms with van der Waals surface area (Å²) in [6.45, 7) is 2.03. The molecule has 1 atom stereocenters. The molecule has 0 aromatic heterocycles. The van der Waals surface area contributed by atoms with E-state index in [0.29, 0.717) is 0 Å². The van der Waals surface area contributed by atoms with Crippen LogP contribution >= 0.6 is 15.9 Å². The lowest BCUT2D eigenvalue weighted by Gasteiger charge is -2.31. The predicted molar refractivity (Wildman–Crippen MR) is 68.2 cm³/mol. The van der Waals surface area contributed by atoms with Gasteiger partial charge >= 0.3 is 0 Å². The molecule has 88 valence electrons. The molecule has 3 heteroatoms. The average molecular weight is 286 g/mol. The van der Waals surface area contributed by atoms with Gasteiger partial charge in [0.05, 0.1) is 0 Å². The van der Waals surface area contributed by atoms with Crippen molar-refractivity contribution >= 4 is 15.9 Å². The van der Waals surface area contributed by atoms with E-state index in [1.54, 1.807) is 0 Å². The van der Waals surface area contributed by atoms with Crippen molar-refractivity contribution in [2.75, 3.05) is 20.1 Å². The fourth-order valence-electron chi connectivity index (χ4n) is 2.27. The average Bonchev–Trinajstić information content (AvgIpc) is 2.29. The molecule has 16 heavy (non-hydrogen) atoms. The Bertz CT molecular complexity index is 348. The third-order valence-electron chi connectivity index (χ3n) is 3.34. The van der Waals surface area contributed by atoms with Crippen LogP contribution in [-0.4, -0.2) is 25.0 Å². The zero-order valence-electron chi connectivity index (χ0n) is 9.50. The number of halogens is 2. The van der Waals surface area contributed by atoms with Crippen molar-refractivity contribution in [1.29, 1.82) is 0 Å². The maximum Gasteiger partial charge on any atom is 0.128 e. The van der Waals surface area contributed by atoms with Gasteiger partial charge in [-0.25, -0.2) is 4.39 Å². The van der Waals surface area contributed by atoms with E-state index in [2.05, 4.69) is 27.9 Å². The predicted octanol–water partition coefficient (Wildman–Crippen LogP) is 3.80. The molecular weight excluding hydrogens is 269 g/mol. The summed E-state index contributed by atoms with van der Waals surface area (Å²) in [7, 11) is 2.10. The first-order valence-electron chi connectivity index (χ1n) is 5.75. The Morgan fingerprint density at radius 1 is 1.38 bits per heavy atom. The summed E-state index contributed by atoms with van der Waals surface area (Å²) in [6, 6.07) is 7.61. The van der Waals surface area contributed by atoms with E-state index in [4.69, 9.17) is 0 Å². The number of hydrogen-bond acceptors (Lipinski definition) is 1. The van der Waals surface area contributed by atoms with E-state index in [1.807, 2.05) is 24.3 Å². The fraction of sp³-hybridized carbons (Fsp3) is 0.538. The molecule has 1 aromatic rings. The van der Waals surface area contributed by atoms with Crippen LogP contribution in [0.15, 0.2) is 28.7 Å². The summed E-state index contributed by atoms with van der Waals surface area (Å²) >= 11 is 3.39. The maximum atomic E-state index is 14.3. The Morgan fingerprint density at radius 2 is 2.06 bits per heavy atom. The second kappa shape index (κ2) is 5.28. The molecule has 0 saturated carbocycles. The standard InChI is InChI=1S/C13H17BrFN/c1-16-7-5-10(6-8-16)13(15)11-3-2-4-12(14)9-11/h2-4,9-10,13H,5-8H2,1H3. The summed E-state index contributed by atoms with van der Waals surface area (Å²) in [4.78, 5) is 2.27. The van der Waals surface area contributed by atoms with Crippen molar-refractivity contribution in [3.8, 4) is 0 Å². The molecule has 0 radical (unpaired) electrons. The summed E-state index contributed by atoms with van der Waals surface area (Å²) in [5.74, 6) is 0.186. The fourth-order valence-corrected chi connectivity index (χ4v) is 2.69. The number of alkyl halides is 1. The second-order valence-electron chi connectivity index (χ2n) is 4.60. The van der Waals surface area contributed by atoms with Crippen molar-refractivity contribution in [3.63, 3.8) is 0 Å². The van der Waals surface area contributed by atoms with Crippen molar-refractivity contribution in [2.45, 2.75) is 19.0 Å². The van der Waals surface area contributed by atoms with Crippen LogP contribution in [0.1, 0.15) is 24.6 Å². The lowest BCUT2D eigenvalue weighted by atomic mass is 9.88. The Labute approximate surface area is 105 Å². The number of nitrogens with zero attached hydrogens (tertiary/aromatic N) is 1. The summed E-state index contributed by atoms with van der Waals surface area (Å²) < 4.78 is 15.2. The molecule has 0 bridgehead atoms. The van der Waals surface area contributed by atoms with Crippen LogP contribution in [0, 0.1) is 5.92 Å². The van der Waals surface area contributed by atoms with Gasteiger partial charge in [-0.1, -0.05) is 28.1 Å². The number of piperidine rings is 1. The number of likely N-dealkylation sites (tertiary alicyclic amines) is 1. The SMILES string of the molecule is CN1CCC(C(F)c2cccc(Br)c2)CC1. The van der Waals surface area contributed by atoms with Gasteiger partial charge in [-0.15, -0.1) is 0 Å². The molecule has 1 aliphatic rings. The largest absolute Gasteiger partial charge is 0.306 e. The summed E-state index contributed by atoms with van der Waals surface area (Å²) in [6.07, 6.45) is 1.11. The van der Waals surface area contributed by atoms with E-state index in [-0.39, 0.29) is 5.92 Å². The highest BCUT2D eigenvalue weighted by atomic mass is 79.9. The molecule has 1 fully saturated rings. The van der Waals surface area contributed by atoms with Crippen LogP contribution in [-0.2, 0) is 0 Å². The Balaban J connectivity index is 2.04. The third kappa shape index (κ3) is 2.83. The molecular formula is C13H17BrFN. The lowest BCUT2D eigenvalue weighted by molar-refractivity contribution is 0.137. The van der Waals surface area contributed by atoms with Gasteiger partial charge in [0.1, 0.15) is 6.17 Å². The van der Waals surface area contributed by atoms with Crippen molar-refractivity contribution < 1.29 is 4.39 Å². The van der Waals surface area contributed by atoms with Crippen LogP contribution in [0.25, 0.3) is 0 Å². The van der Waals surface area contributed by atoms with E-state index < -0.39 is 6.17 Å². The zero-order valence-corrected chi connectivity index (χ0v) is 11.1. The van der Waals surface area contributed by atoms with E-state index in [0.717, 1.165) is 36.0 Å². The smallest absolute Gasteiger partial charge is 0.128 e. The monoisotopic (exact) mass is 285 g/mol. The summed E-state index contributed by atoms with van der Waals surface area (Å²) in [5, 5.41) is 0. The zero-order chi connectivity index (χ0) is 11.5. The molecule has 1 saturated heterocycles. The van der Waals surface area contributed by atoms with Gasteiger partial charge in [0.2, 0.25) is 0 Å². The highest BCUT2D eigenvalue weighted by Crippen LogP contribution is 2.34. The third-order valence-corrected chi connectivity index (χ3v) is 3.84. The highest BCUT2D eigenvalue weighted by Gasteiger charge is 2.26. The van der Waals surface area contributed by atoms with Gasteiger partial charge in [0.15, 0.2) is 0 Å². The van der Waals surface area contributed by atoms with Gasteiger partial charge in [0.25, 0.3) is 0 Å². The first-order valence-corrected chi connectivity index (χ1v) is 6.54. The molecule has 1 unspecified atom stereocenters. The van der Waals surface area contributed by atoms with Crippen LogP contribution in [0.3, 0.4) is 0 Å². The molecule has 0 aliphatic carbocycles. The maximum absolute atomic E-state index is 14.3. The lowest BCUT2D eigenvalue weighted by Crippen LogP contribution is -2.31. The van der Waals surface area contributed by atoms with E-state index in [1.165, 1.54) is 0 Å². The molecule has 1 nitrogen and oxygen atoms in total. The van der Waals surface area contributed by atoms with E-state index in [9.17, 15) is 4.39 Å². The van der Waals surface area contributed by atoms with Gasteiger partial charge in [-0.3, -0.25) is 0 Å². The minimum absolute atomic E-state index is 0.186. The Hall–Kier alpha value is -0.410. The van der Waals surface area contributed by atoms with E-state index >= 15 is 0 Å². The van der Waals surface area contributed by atoms with Crippen molar-refractivity contribution in [1.82, 2.24) is 4.90 Å². The topological polar surface area (TPSA) is 3.24 Å². The van der Waals surface area contributed by atoms with Crippen LogP contribution in [0.2, 0.25) is 0 Å². The van der Waals surface area contributed by atoms with Crippen LogP contribution in [0.4, 0.5) is 4.39 Å². The minimum atomic E-state index is -0.814. The van der Waals surface area contributed by atoms with Crippen molar-refractivity contribution in [2.24, 2.45) is 5.92 Å². The normalized spacial score (nSPS) is 20.9. The quantitative estimate of drug-likeness (QED) is 0.799. The molecule has 1 heterocycles. The molecule has 0 N–H and O–H groups in total. The van der Waals surface area contributed by atoms with Crippen molar-refractivity contribution in [3.05, 3.63) is 34.3 Å². The molecule has 0 amide bonds. The Morgan fingerprint density at radius 3 is 2.69 bits per heavy atom. The molecule has 1 aliphatic heterocycles. The van der Waals surface area contributed by atoms with Gasteiger partial charge in [-0.2, -0.15) is 0 Å². The number of benzene rings is 1. The summed E-state index contributed by atoms with van der Waals surface area (Å²) in [5.41, 5.74) is 0.809. The van der Waals surface area contributed by atoms with Gasteiger partial charge in [-0.05, 0) is 56.6 Å². The number of hydrogen-bond donors (Lipinski definition) is 0. The molecule has 2 rings (SSSR count). The second-order valence-corrected chi connectivity index (χ2v) is 5.51. The number of rotatable bonds is 2. The van der Waals surface area contributed by atoms with Gasteiger partial charge in [0, 0.05) is 4.47 Å². The Kier molecular flexibility index (Phi) is 3.98.